The Morgan fingerprint density at radius 1 is 0.449 bits per heavy atom. The summed E-state index contributed by atoms with van der Waals surface area (Å²) in [6.07, 6.45) is 0. The van der Waals surface area contributed by atoms with Gasteiger partial charge in [0.1, 0.15) is 11.2 Å². The Hall–Kier alpha value is -6.12. The molecule has 1 aromatic heterocycles. The van der Waals surface area contributed by atoms with Gasteiger partial charge in [0, 0.05) is 38.5 Å². The second-order valence-electron chi connectivity index (χ2n) is 13.7. The van der Waals surface area contributed by atoms with Crippen LogP contribution < -0.4 is 4.90 Å². The maximum atomic E-state index is 6.37. The second-order valence-corrected chi connectivity index (χ2v) is 13.7. The number of rotatable bonds is 4. The zero-order valence-electron chi connectivity index (χ0n) is 27.4. The van der Waals surface area contributed by atoms with Gasteiger partial charge in [-0.05, 0) is 86.4 Å². The first kappa shape index (κ1) is 27.9. The average Bonchev–Trinajstić information content (AvgIpc) is 3.64. The molecule has 0 saturated heterocycles. The topological polar surface area (TPSA) is 16.4 Å². The molecule has 9 aromatic rings. The summed E-state index contributed by atoms with van der Waals surface area (Å²) in [5.41, 5.74) is 12.9. The lowest BCUT2D eigenvalue weighted by Crippen LogP contribution is -2.15. The first-order valence-electron chi connectivity index (χ1n) is 17.0. The molecule has 8 aromatic carbocycles. The molecule has 0 saturated carbocycles. The van der Waals surface area contributed by atoms with Gasteiger partial charge >= 0.3 is 0 Å². The van der Waals surface area contributed by atoms with Crippen molar-refractivity contribution in [2.45, 2.75) is 19.3 Å². The van der Waals surface area contributed by atoms with Crippen LogP contribution in [0.3, 0.4) is 0 Å². The van der Waals surface area contributed by atoms with Crippen molar-refractivity contribution in [3.63, 3.8) is 0 Å². The van der Waals surface area contributed by atoms with Gasteiger partial charge in [0.25, 0.3) is 0 Å². The fraction of sp³-hybridized carbons (Fsp3) is 0.0638. The summed E-state index contributed by atoms with van der Waals surface area (Å²) in [6.45, 7) is 4.68. The summed E-state index contributed by atoms with van der Waals surface area (Å²) in [5, 5.41) is 7.16. The van der Waals surface area contributed by atoms with Crippen LogP contribution in [0.15, 0.2) is 168 Å². The van der Waals surface area contributed by atoms with Crippen LogP contribution in [-0.2, 0) is 5.41 Å². The number of benzene rings is 8. The van der Waals surface area contributed by atoms with E-state index >= 15 is 0 Å². The molecule has 1 aliphatic rings. The van der Waals surface area contributed by atoms with Crippen LogP contribution in [-0.4, -0.2) is 0 Å². The van der Waals surface area contributed by atoms with Crippen molar-refractivity contribution in [1.29, 1.82) is 0 Å². The molecule has 0 fully saturated rings. The number of anilines is 3. The van der Waals surface area contributed by atoms with Gasteiger partial charge in [0.15, 0.2) is 0 Å². The standard InChI is InChI=1S/C47H33NO/c1-47(2)40-17-9-6-15-36(40)39-29-34(25-26-41(39)47)48(42-18-10-7-14-35(42)30-12-4-3-5-13-30)33-24-22-31-20-21-32-23-27-44-46(45(32)38(31)28-33)37-16-8-11-19-43(37)49-44/h3-29H,1-2H3. The lowest BCUT2D eigenvalue weighted by atomic mass is 9.82. The Morgan fingerprint density at radius 2 is 1.10 bits per heavy atom. The van der Waals surface area contributed by atoms with Crippen LogP contribution in [0.25, 0.3) is 65.7 Å². The molecule has 1 aliphatic carbocycles. The number of hydrogen-bond acceptors (Lipinski definition) is 2. The normalized spacial score (nSPS) is 13.3. The van der Waals surface area contributed by atoms with Gasteiger partial charge in [-0.1, -0.05) is 135 Å². The highest BCUT2D eigenvalue weighted by Crippen LogP contribution is 2.51. The smallest absolute Gasteiger partial charge is 0.136 e. The summed E-state index contributed by atoms with van der Waals surface area (Å²) in [5.74, 6) is 0. The first-order valence-corrected chi connectivity index (χ1v) is 17.0. The third-order valence-corrected chi connectivity index (χ3v) is 10.6. The van der Waals surface area contributed by atoms with Gasteiger partial charge < -0.3 is 9.32 Å². The van der Waals surface area contributed by atoms with Crippen molar-refractivity contribution in [1.82, 2.24) is 0 Å². The van der Waals surface area contributed by atoms with Crippen molar-refractivity contribution >= 4 is 60.5 Å². The fourth-order valence-corrected chi connectivity index (χ4v) is 8.29. The first-order chi connectivity index (χ1) is 24.1. The summed E-state index contributed by atoms with van der Waals surface area (Å²) in [6, 6.07) is 59.5. The van der Waals surface area contributed by atoms with E-state index in [9.17, 15) is 0 Å². The minimum absolute atomic E-state index is 0.0577. The minimum Gasteiger partial charge on any atom is -0.456 e. The Morgan fingerprint density at radius 3 is 2.00 bits per heavy atom. The van der Waals surface area contributed by atoms with E-state index in [0.29, 0.717) is 0 Å². The van der Waals surface area contributed by atoms with E-state index in [1.807, 2.05) is 6.07 Å². The Bertz CT molecular complexity index is 2750. The van der Waals surface area contributed by atoms with Crippen LogP contribution in [0.1, 0.15) is 25.0 Å². The summed E-state index contributed by atoms with van der Waals surface area (Å²) >= 11 is 0. The fourth-order valence-electron chi connectivity index (χ4n) is 8.29. The van der Waals surface area contributed by atoms with E-state index in [-0.39, 0.29) is 5.41 Å². The molecule has 0 bridgehead atoms. The minimum atomic E-state index is -0.0577. The predicted octanol–water partition coefficient (Wildman–Crippen LogP) is 13.3. The van der Waals surface area contributed by atoms with Crippen LogP contribution in [0.2, 0.25) is 0 Å². The second kappa shape index (κ2) is 10.4. The van der Waals surface area contributed by atoms with E-state index < -0.39 is 0 Å². The van der Waals surface area contributed by atoms with Gasteiger partial charge in [-0.3, -0.25) is 0 Å². The third-order valence-electron chi connectivity index (χ3n) is 10.6. The molecule has 49 heavy (non-hydrogen) atoms. The molecule has 0 aliphatic heterocycles. The van der Waals surface area contributed by atoms with E-state index in [4.69, 9.17) is 4.42 Å². The third kappa shape index (κ3) is 4.14. The van der Waals surface area contributed by atoms with E-state index in [1.165, 1.54) is 60.3 Å². The molecule has 10 rings (SSSR count). The summed E-state index contributed by atoms with van der Waals surface area (Å²) < 4.78 is 6.37. The lowest BCUT2D eigenvalue weighted by Gasteiger charge is -2.29. The van der Waals surface area contributed by atoms with Crippen LogP contribution in [0, 0.1) is 0 Å². The highest BCUT2D eigenvalue weighted by atomic mass is 16.3. The number of hydrogen-bond donors (Lipinski definition) is 0. The molecule has 232 valence electrons. The number of nitrogens with zero attached hydrogens (tertiary/aromatic N) is 1. The van der Waals surface area contributed by atoms with Gasteiger partial charge in [0.05, 0.1) is 5.69 Å². The molecule has 0 unspecified atom stereocenters. The van der Waals surface area contributed by atoms with Crippen molar-refractivity contribution in [2.75, 3.05) is 4.90 Å². The highest BCUT2D eigenvalue weighted by molar-refractivity contribution is 6.27. The molecule has 0 N–H and O–H groups in total. The van der Waals surface area contributed by atoms with Gasteiger partial charge in [-0.15, -0.1) is 0 Å². The predicted molar refractivity (Wildman–Crippen MR) is 206 cm³/mol. The number of fused-ring (bicyclic) bond motifs is 10. The molecule has 0 atom stereocenters. The van der Waals surface area contributed by atoms with E-state index in [0.717, 1.165) is 33.6 Å². The highest BCUT2D eigenvalue weighted by Gasteiger charge is 2.35. The van der Waals surface area contributed by atoms with Crippen molar-refractivity contribution in [3.8, 4) is 22.3 Å². The van der Waals surface area contributed by atoms with E-state index in [1.54, 1.807) is 0 Å². The molecule has 0 spiro atoms. The molecule has 2 heteroatoms. The van der Waals surface area contributed by atoms with Gasteiger partial charge in [-0.25, -0.2) is 0 Å². The Kier molecular flexibility index (Phi) is 5.95. The molecular weight excluding hydrogens is 595 g/mol. The van der Waals surface area contributed by atoms with Gasteiger partial charge in [-0.2, -0.15) is 0 Å². The average molecular weight is 628 g/mol. The zero-order valence-corrected chi connectivity index (χ0v) is 27.4. The monoisotopic (exact) mass is 627 g/mol. The van der Waals surface area contributed by atoms with Crippen LogP contribution >= 0.6 is 0 Å². The SMILES string of the molecule is CC1(C)c2ccccc2-c2cc(N(c3ccc4ccc5ccc6oc7ccccc7c6c5c4c3)c3ccccc3-c3ccccc3)ccc21. The number of furan rings is 1. The lowest BCUT2D eigenvalue weighted by molar-refractivity contribution is 0.660. The summed E-state index contributed by atoms with van der Waals surface area (Å²) in [7, 11) is 0. The largest absolute Gasteiger partial charge is 0.456 e. The van der Waals surface area contributed by atoms with Crippen LogP contribution in [0.5, 0.6) is 0 Å². The van der Waals surface area contributed by atoms with E-state index in [2.05, 4.69) is 176 Å². The van der Waals surface area contributed by atoms with Crippen molar-refractivity contribution in [2.24, 2.45) is 0 Å². The zero-order chi connectivity index (χ0) is 32.7. The number of para-hydroxylation sites is 2. The van der Waals surface area contributed by atoms with Crippen molar-refractivity contribution < 1.29 is 4.42 Å². The maximum Gasteiger partial charge on any atom is 0.136 e. The molecule has 0 radical (unpaired) electrons. The molecular formula is C47H33NO. The quantitative estimate of drug-likeness (QED) is 0.181. The molecule has 2 nitrogen and oxygen atoms in total. The summed E-state index contributed by atoms with van der Waals surface area (Å²) in [4.78, 5) is 2.45. The van der Waals surface area contributed by atoms with Crippen molar-refractivity contribution in [3.05, 3.63) is 175 Å². The van der Waals surface area contributed by atoms with Gasteiger partial charge in [0.2, 0.25) is 0 Å². The Balaban J connectivity index is 1.27. The Labute approximate surface area is 285 Å². The van der Waals surface area contributed by atoms with Crippen LogP contribution in [0.4, 0.5) is 17.1 Å². The maximum absolute atomic E-state index is 6.37. The molecule has 1 heterocycles. The molecule has 0 amide bonds.